The van der Waals surface area contributed by atoms with Gasteiger partial charge < -0.3 is 20.3 Å². The van der Waals surface area contributed by atoms with Crippen LogP contribution >= 0.6 is 24.0 Å². The summed E-state index contributed by atoms with van der Waals surface area (Å²) >= 11 is 0. The van der Waals surface area contributed by atoms with Crippen LogP contribution in [0, 0.1) is 5.92 Å². The molecule has 1 aliphatic rings. The van der Waals surface area contributed by atoms with Crippen molar-refractivity contribution < 1.29 is 9.53 Å². The SMILES string of the molecule is CCNC(=NCCc1cccc(C(=O)NC)c1)N1CCC(COC)C1.I. The summed E-state index contributed by atoms with van der Waals surface area (Å²) in [5.41, 5.74) is 1.82. The quantitative estimate of drug-likeness (QED) is 0.361. The maximum Gasteiger partial charge on any atom is 0.251 e. The third-order valence-electron chi connectivity index (χ3n) is 4.40. The van der Waals surface area contributed by atoms with Gasteiger partial charge in [-0.1, -0.05) is 12.1 Å². The lowest BCUT2D eigenvalue weighted by Crippen LogP contribution is -2.40. The lowest BCUT2D eigenvalue weighted by Gasteiger charge is -2.21. The van der Waals surface area contributed by atoms with E-state index >= 15 is 0 Å². The highest BCUT2D eigenvalue weighted by molar-refractivity contribution is 14.0. The van der Waals surface area contributed by atoms with Crippen LogP contribution in [0.25, 0.3) is 0 Å². The van der Waals surface area contributed by atoms with Gasteiger partial charge in [0.1, 0.15) is 0 Å². The van der Waals surface area contributed by atoms with Gasteiger partial charge in [-0.15, -0.1) is 24.0 Å². The third kappa shape index (κ3) is 6.75. The largest absolute Gasteiger partial charge is 0.384 e. The van der Waals surface area contributed by atoms with Crippen LogP contribution in [0.1, 0.15) is 29.3 Å². The van der Waals surface area contributed by atoms with Crippen molar-refractivity contribution in [3.8, 4) is 0 Å². The van der Waals surface area contributed by atoms with E-state index in [9.17, 15) is 4.79 Å². The van der Waals surface area contributed by atoms with Crippen molar-refractivity contribution in [2.75, 3.05) is 46.9 Å². The first kappa shape index (κ1) is 22.7. The van der Waals surface area contributed by atoms with Crippen LogP contribution in [0.5, 0.6) is 0 Å². The average Bonchev–Trinajstić information content (AvgIpc) is 3.09. The van der Waals surface area contributed by atoms with E-state index in [4.69, 9.17) is 9.73 Å². The summed E-state index contributed by atoms with van der Waals surface area (Å²) in [4.78, 5) is 18.8. The molecule has 146 valence electrons. The monoisotopic (exact) mass is 474 g/mol. The molecule has 1 saturated heterocycles. The molecule has 0 bridgehead atoms. The molecule has 26 heavy (non-hydrogen) atoms. The molecule has 0 radical (unpaired) electrons. The molecule has 2 N–H and O–H groups in total. The second-order valence-electron chi connectivity index (χ2n) is 6.32. The number of guanidine groups is 1. The number of carbonyl (C=O) groups is 1. The molecule has 1 heterocycles. The summed E-state index contributed by atoms with van der Waals surface area (Å²) in [5, 5.41) is 6.04. The highest BCUT2D eigenvalue weighted by Gasteiger charge is 2.24. The minimum Gasteiger partial charge on any atom is -0.384 e. The van der Waals surface area contributed by atoms with E-state index in [0.717, 1.165) is 50.6 Å². The van der Waals surface area contributed by atoms with Crippen LogP contribution in [0.4, 0.5) is 0 Å². The van der Waals surface area contributed by atoms with Gasteiger partial charge in [-0.05, 0) is 37.5 Å². The molecule has 1 fully saturated rings. The fraction of sp³-hybridized carbons (Fsp3) is 0.579. The molecule has 2 rings (SSSR count). The van der Waals surface area contributed by atoms with Crippen molar-refractivity contribution in [1.29, 1.82) is 0 Å². The zero-order chi connectivity index (χ0) is 18.1. The minimum atomic E-state index is -0.0556. The fourth-order valence-electron chi connectivity index (χ4n) is 3.13. The van der Waals surface area contributed by atoms with E-state index in [2.05, 4.69) is 22.5 Å². The Bertz CT molecular complexity index is 595. The van der Waals surface area contributed by atoms with Crippen LogP contribution < -0.4 is 10.6 Å². The van der Waals surface area contributed by atoms with Gasteiger partial charge >= 0.3 is 0 Å². The summed E-state index contributed by atoms with van der Waals surface area (Å²) in [7, 11) is 3.41. The number of carbonyl (C=O) groups excluding carboxylic acids is 1. The number of nitrogens with one attached hydrogen (secondary N) is 2. The number of methoxy groups -OCH3 is 1. The Labute approximate surface area is 173 Å². The average molecular weight is 474 g/mol. The third-order valence-corrected chi connectivity index (χ3v) is 4.40. The van der Waals surface area contributed by atoms with Gasteiger partial charge in [0.15, 0.2) is 5.96 Å². The van der Waals surface area contributed by atoms with Gasteiger partial charge in [0, 0.05) is 51.8 Å². The van der Waals surface area contributed by atoms with Crippen molar-refractivity contribution in [3.05, 3.63) is 35.4 Å². The van der Waals surface area contributed by atoms with Crippen molar-refractivity contribution in [2.24, 2.45) is 10.9 Å². The number of rotatable bonds is 7. The molecule has 0 aliphatic carbocycles. The van der Waals surface area contributed by atoms with Crippen molar-refractivity contribution in [3.63, 3.8) is 0 Å². The zero-order valence-corrected chi connectivity index (χ0v) is 18.3. The lowest BCUT2D eigenvalue weighted by molar-refractivity contribution is 0.0963. The Morgan fingerprint density at radius 2 is 2.23 bits per heavy atom. The maximum atomic E-state index is 11.7. The van der Waals surface area contributed by atoms with E-state index < -0.39 is 0 Å². The van der Waals surface area contributed by atoms with Crippen LogP contribution in [0.3, 0.4) is 0 Å². The molecule has 1 aliphatic heterocycles. The zero-order valence-electron chi connectivity index (χ0n) is 16.0. The number of aliphatic imine (C=N–C) groups is 1. The Balaban J connectivity index is 0.00000338. The molecule has 6 nitrogen and oxygen atoms in total. The highest BCUT2D eigenvalue weighted by Crippen LogP contribution is 2.16. The highest BCUT2D eigenvalue weighted by atomic mass is 127. The van der Waals surface area contributed by atoms with Crippen LogP contribution in [0.2, 0.25) is 0 Å². The van der Waals surface area contributed by atoms with E-state index in [-0.39, 0.29) is 29.9 Å². The fourth-order valence-corrected chi connectivity index (χ4v) is 3.13. The van der Waals surface area contributed by atoms with Crippen LogP contribution in [-0.4, -0.2) is 63.7 Å². The molecular weight excluding hydrogens is 443 g/mol. The van der Waals surface area contributed by atoms with Crippen molar-refractivity contribution >= 4 is 35.8 Å². The van der Waals surface area contributed by atoms with Gasteiger partial charge in [0.2, 0.25) is 0 Å². The lowest BCUT2D eigenvalue weighted by atomic mass is 10.1. The second-order valence-corrected chi connectivity index (χ2v) is 6.32. The number of ether oxygens (including phenoxy) is 1. The normalized spacial score (nSPS) is 17.0. The number of likely N-dealkylation sites (tertiary alicyclic amines) is 1. The number of amides is 1. The first-order valence-corrected chi connectivity index (χ1v) is 9.01. The van der Waals surface area contributed by atoms with E-state index in [1.54, 1.807) is 14.2 Å². The molecule has 1 aromatic carbocycles. The molecule has 1 atom stereocenters. The van der Waals surface area contributed by atoms with E-state index in [1.807, 2.05) is 24.3 Å². The summed E-state index contributed by atoms with van der Waals surface area (Å²) in [6.45, 7) is 6.46. The Morgan fingerprint density at radius 3 is 2.92 bits per heavy atom. The van der Waals surface area contributed by atoms with Gasteiger partial charge in [-0.25, -0.2) is 0 Å². The van der Waals surface area contributed by atoms with Gasteiger partial charge in [0.05, 0.1) is 6.61 Å². The number of hydrogen-bond donors (Lipinski definition) is 2. The number of nitrogens with zero attached hydrogens (tertiary/aromatic N) is 2. The smallest absolute Gasteiger partial charge is 0.251 e. The molecule has 1 amide bonds. The standard InChI is InChI=1S/C19H30N4O2.HI/c1-4-21-19(23-11-9-16(13-23)14-25-3)22-10-8-15-6-5-7-17(12-15)18(24)20-2;/h5-7,12,16H,4,8-11,13-14H2,1-3H3,(H,20,24)(H,21,22);1H. The van der Waals surface area contributed by atoms with Crippen molar-refractivity contribution in [1.82, 2.24) is 15.5 Å². The van der Waals surface area contributed by atoms with Gasteiger partial charge in [-0.2, -0.15) is 0 Å². The van der Waals surface area contributed by atoms with Crippen molar-refractivity contribution in [2.45, 2.75) is 19.8 Å². The topological polar surface area (TPSA) is 66.0 Å². The Morgan fingerprint density at radius 1 is 1.42 bits per heavy atom. The number of hydrogen-bond acceptors (Lipinski definition) is 3. The second kappa shape index (κ2) is 12.1. The number of benzene rings is 1. The van der Waals surface area contributed by atoms with Crippen LogP contribution in [0.15, 0.2) is 29.3 Å². The van der Waals surface area contributed by atoms with Crippen LogP contribution in [-0.2, 0) is 11.2 Å². The Kier molecular flexibility index (Phi) is 10.6. The molecule has 0 aromatic heterocycles. The minimum absolute atomic E-state index is 0. The summed E-state index contributed by atoms with van der Waals surface area (Å²) in [5.74, 6) is 1.50. The molecule has 7 heteroatoms. The molecule has 1 unspecified atom stereocenters. The summed E-state index contributed by atoms with van der Waals surface area (Å²) < 4.78 is 5.27. The van der Waals surface area contributed by atoms with Gasteiger partial charge in [-0.3, -0.25) is 9.79 Å². The summed E-state index contributed by atoms with van der Waals surface area (Å²) in [6, 6.07) is 7.73. The van der Waals surface area contributed by atoms with E-state index in [0.29, 0.717) is 18.0 Å². The van der Waals surface area contributed by atoms with Gasteiger partial charge in [0.25, 0.3) is 5.91 Å². The molecular formula is C19H31IN4O2. The first-order chi connectivity index (χ1) is 12.2. The molecule has 0 spiro atoms. The first-order valence-electron chi connectivity index (χ1n) is 9.01. The molecule has 0 saturated carbocycles. The summed E-state index contributed by atoms with van der Waals surface area (Å²) in [6.07, 6.45) is 1.96. The predicted molar refractivity (Wildman–Crippen MR) is 116 cm³/mol. The molecule has 1 aromatic rings. The Hall–Kier alpha value is -1.35. The number of halogens is 1. The maximum absolute atomic E-state index is 11.7. The van der Waals surface area contributed by atoms with E-state index in [1.165, 1.54) is 0 Å². The predicted octanol–water partition coefficient (Wildman–Crippen LogP) is 2.14.